The van der Waals surface area contributed by atoms with Crippen LogP contribution >= 0.6 is 0 Å². The third kappa shape index (κ3) is 1.25. The van der Waals surface area contributed by atoms with E-state index in [0.717, 1.165) is 12.8 Å². The standard InChI is InChI=1S/C8H12N4O/c1-2-12-7(10-5-11-12)6(13)8(9)3-4-8/h5H,2-4,9H2,1H3. The summed E-state index contributed by atoms with van der Waals surface area (Å²) in [5, 5.41) is 3.93. The maximum absolute atomic E-state index is 11.7. The van der Waals surface area contributed by atoms with Crippen molar-refractivity contribution in [3.63, 3.8) is 0 Å². The molecule has 1 aliphatic rings. The van der Waals surface area contributed by atoms with Crippen molar-refractivity contribution in [3.8, 4) is 0 Å². The summed E-state index contributed by atoms with van der Waals surface area (Å²) in [4.78, 5) is 15.6. The number of aryl methyl sites for hydroxylation is 1. The van der Waals surface area contributed by atoms with E-state index in [9.17, 15) is 4.79 Å². The van der Waals surface area contributed by atoms with Crippen molar-refractivity contribution in [1.29, 1.82) is 0 Å². The van der Waals surface area contributed by atoms with Crippen LogP contribution in [-0.2, 0) is 6.54 Å². The summed E-state index contributed by atoms with van der Waals surface area (Å²) in [7, 11) is 0. The Kier molecular flexibility index (Phi) is 1.69. The zero-order valence-corrected chi connectivity index (χ0v) is 7.53. The Balaban J connectivity index is 2.29. The van der Waals surface area contributed by atoms with Crippen LogP contribution in [-0.4, -0.2) is 26.1 Å². The quantitative estimate of drug-likeness (QED) is 0.663. The van der Waals surface area contributed by atoms with Gasteiger partial charge >= 0.3 is 0 Å². The number of aromatic nitrogens is 3. The van der Waals surface area contributed by atoms with Crippen LogP contribution in [0, 0.1) is 0 Å². The SMILES string of the molecule is CCn1ncnc1C(=O)C1(N)CC1. The molecule has 1 aromatic heterocycles. The number of rotatable bonds is 3. The summed E-state index contributed by atoms with van der Waals surface area (Å²) in [5.74, 6) is 0.314. The molecule has 0 bridgehead atoms. The zero-order chi connectivity index (χ0) is 9.47. The van der Waals surface area contributed by atoms with Crippen molar-refractivity contribution >= 4 is 5.78 Å². The minimum Gasteiger partial charge on any atom is -0.319 e. The molecule has 0 amide bonds. The van der Waals surface area contributed by atoms with Crippen molar-refractivity contribution in [2.45, 2.75) is 31.8 Å². The highest BCUT2D eigenvalue weighted by molar-refractivity contribution is 6.02. The van der Waals surface area contributed by atoms with E-state index in [1.165, 1.54) is 6.33 Å². The number of hydrogen-bond acceptors (Lipinski definition) is 4. The molecule has 1 aromatic rings. The van der Waals surface area contributed by atoms with Crippen LogP contribution in [0.4, 0.5) is 0 Å². The van der Waals surface area contributed by atoms with Gasteiger partial charge in [-0.05, 0) is 19.8 Å². The Morgan fingerprint density at radius 2 is 2.46 bits per heavy atom. The number of Topliss-reactive ketones (excluding diaryl/α,β-unsaturated/α-hetero) is 1. The largest absolute Gasteiger partial charge is 0.319 e. The molecule has 0 unspecified atom stereocenters. The summed E-state index contributed by atoms with van der Waals surface area (Å²) < 4.78 is 1.58. The monoisotopic (exact) mass is 180 g/mol. The second kappa shape index (κ2) is 2.63. The van der Waals surface area contributed by atoms with Crippen LogP contribution in [0.1, 0.15) is 30.4 Å². The highest BCUT2D eigenvalue weighted by atomic mass is 16.1. The minimum absolute atomic E-state index is 0.0770. The molecular formula is C8H12N4O. The molecule has 1 aliphatic carbocycles. The van der Waals surface area contributed by atoms with Gasteiger partial charge in [-0.25, -0.2) is 9.67 Å². The summed E-state index contributed by atoms with van der Waals surface area (Å²) in [5.41, 5.74) is 5.14. The van der Waals surface area contributed by atoms with Crippen molar-refractivity contribution in [2.75, 3.05) is 0 Å². The minimum atomic E-state index is -0.639. The number of carbonyl (C=O) groups excluding carboxylic acids is 1. The lowest BCUT2D eigenvalue weighted by Gasteiger charge is -2.06. The fourth-order valence-corrected chi connectivity index (χ4v) is 1.26. The van der Waals surface area contributed by atoms with Crippen LogP contribution in [0.15, 0.2) is 6.33 Å². The van der Waals surface area contributed by atoms with Gasteiger partial charge in [-0.15, -0.1) is 0 Å². The third-order valence-electron chi connectivity index (χ3n) is 2.36. The molecule has 2 N–H and O–H groups in total. The lowest BCUT2D eigenvalue weighted by molar-refractivity contribution is 0.0933. The molecule has 70 valence electrons. The highest BCUT2D eigenvalue weighted by Crippen LogP contribution is 2.34. The highest BCUT2D eigenvalue weighted by Gasteiger charge is 2.47. The van der Waals surface area contributed by atoms with Crippen LogP contribution in [0.5, 0.6) is 0 Å². The van der Waals surface area contributed by atoms with E-state index < -0.39 is 5.54 Å². The van der Waals surface area contributed by atoms with Gasteiger partial charge in [0.1, 0.15) is 6.33 Å². The second-order valence-corrected chi connectivity index (χ2v) is 3.38. The molecule has 0 radical (unpaired) electrons. The van der Waals surface area contributed by atoms with Gasteiger partial charge in [-0.1, -0.05) is 0 Å². The summed E-state index contributed by atoms with van der Waals surface area (Å²) in [6.45, 7) is 2.57. The van der Waals surface area contributed by atoms with Gasteiger partial charge in [0, 0.05) is 6.54 Å². The first-order valence-electron chi connectivity index (χ1n) is 4.39. The first-order chi connectivity index (χ1) is 6.17. The molecule has 0 aromatic carbocycles. The predicted molar refractivity (Wildman–Crippen MR) is 46.2 cm³/mol. The molecule has 1 saturated carbocycles. The van der Waals surface area contributed by atoms with Gasteiger partial charge in [0.25, 0.3) is 0 Å². The summed E-state index contributed by atoms with van der Waals surface area (Å²) >= 11 is 0. The molecule has 2 rings (SSSR count). The zero-order valence-electron chi connectivity index (χ0n) is 7.53. The molecule has 1 heterocycles. The first-order valence-corrected chi connectivity index (χ1v) is 4.39. The molecule has 1 fully saturated rings. The molecule has 13 heavy (non-hydrogen) atoms. The van der Waals surface area contributed by atoms with E-state index in [-0.39, 0.29) is 5.78 Å². The molecule has 0 aliphatic heterocycles. The average Bonchev–Trinajstić information content (AvgIpc) is 2.71. The molecule has 5 heteroatoms. The van der Waals surface area contributed by atoms with Crippen molar-refractivity contribution < 1.29 is 4.79 Å². The van der Waals surface area contributed by atoms with Gasteiger partial charge in [-0.2, -0.15) is 5.10 Å². The van der Waals surface area contributed by atoms with Gasteiger partial charge in [0.15, 0.2) is 5.82 Å². The Morgan fingerprint density at radius 3 is 3.00 bits per heavy atom. The van der Waals surface area contributed by atoms with Gasteiger partial charge in [0.05, 0.1) is 5.54 Å². The number of nitrogens with zero attached hydrogens (tertiary/aromatic N) is 3. The fourth-order valence-electron chi connectivity index (χ4n) is 1.26. The van der Waals surface area contributed by atoms with Crippen molar-refractivity contribution in [2.24, 2.45) is 5.73 Å². The molecule has 0 atom stereocenters. The van der Waals surface area contributed by atoms with E-state index >= 15 is 0 Å². The maximum Gasteiger partial charge on any atom is 0.219 e. The number of hydrogen-bond donors (Lipinski definition) is 1. The second-order valence-electron chi connectivity index (χ2n) is 3.38. The number of ketones is 1. The molecule has 0 spiro atoms. The van der Waals surface area contributed by atoms with E-state index in [4.69, 9.17) is 5.73 Å². The molecule has 0 saturated heterocycles. The maximum atomic E-state index is 11.7. The lowest BCUT2D eigenvalue weighted by atomic mass is 10.1. The average molecular weight is 180 g/mol. The Bertz CT molecular complexity index is 340. The Morgan fingerprint density at radius 1 is 1.77 bits per heavy atom. The first kappa shape index (κ1) is 8.37. The van der Waals surface area contributed by atoms with Crippen molar-refractivity contribution in [3.05, 3.63) is 12.2 Å². The van der Waals surface area contributed by atoms with Gasteiger partial charge < -0.3 is 5.73 Å². The van der Waals surface area contributed by atoms with E-state index in [1.807, 2.05) is 6.92 Å². The van der Waals surface area contributed by atoms with E-state index in [1.54, 1.807) is 4.68 Å². The van der Waals surface area contributed by atoms with Crippen LogP contribution in [0.25, 0.3) is 0 Å². The Hall–Kier alpha value is -1.23. The summed E-state index contributed by atoms with van der Waals surface area (Å²) in [6.07, 6.45) is 2.92. The number of carbonyl (C=O) groups is 1. The van der Waals surface area contributed by atoms with Crippen LogP contribution in [0.2, 0.25) is 0 Å². The molecular weight excluding hydrogens is 168 g/mol. The smallest absolute Gasteiger partial charge is 0.219 e. The van der Waals surface area contributed by atoms with Gasteiger partial charge in [-0.3, -0.25) is 4.79 Å². The van der Waals surface area contributed by atoms with Gasteiger partial charge in [0.2, 0.25) is 5.78 Å². The Labute approximate surface area is 75.9 Å². The fraction of sp³-hybridized carbons (Fsp3) is 0.625. The summed E-state index contributed by atoms with van der Waals surface area (Å²) in [6, 6.07) is 0. The van der Waals surface area contributed by atoms with E-state index in [2.05, 4.69) is 10.1 Å². The van der Waals surface area contributed by atoms with Crippen LogP contribution < -0.4 is 5.73 Å². The predicted octanol–water partition coefficient (Wildman–Crippen LogP) is -0.0280. The lowest BCUT2D eigenvalue weighted by Crippen LogP contribution is -2.34. The normalized spacial score (nSPS) is 18.6. The third-order valence-corrected chi connectivity index (χ3v) is 2.36. The topological polar surface area (TPSA) is 73.8 Å². The molecule has 5 nitrogen and oxygen atoms in total. The number of nitrogens with two attached hydrogens (primary N) is 1. The van der Waals surface area contributed by atoms with Crippen molar-refractivity contribution in [1.82, 2.24) is 14.8 Å². The van der Waals surface area contributed by atoms with E-state index in [0.29, 0.717) is 12.4 Å². The van der Waals surface area contributed by atoms with Crippen LogP contribution in [0.3, 0.4) is 0 Å².